The predicted molar refractivity (Wildman–Crippen MR) is 71.2 cm³/mol. The number of hydrogen-bond donors (Lipinski definition) is 1. The SMILES string of the molecule is CCC1OCCC1CNCc1cc(F)cc(C(F)(F)F)c1. The van der Waals surface area contributed by atoms with Crippen LogP contribution in [0.2, 0.25) is 0 Å². The first-order valence-corrected chi connectivity index (χ1v) is 7.09. The van der Waals surface area contributed by atoms with Gasteiger partial charge >= 0.3 is 6.18 Å². The van der Waals surface area contributed by atoms with E-state index in [2.05, 4.69) is 5.32 Å². The van der Waals surface area contributed by atoms with Crippen molar-refractivity contribution in [2.24, 2.45) is 5.92 Å². The van der Waals surface area contributed by atoms with E-state index in [9.17, 15) is 17.6 Å². The van der Waals surface area contributed by atoms with Gasteiger partial charge in [-0.15, -0.1) is 0 Å². The number of benzene rings is 1. The van der Waals surface area contributed by atoms with Crippen molar-refractivity contribution < 1.29 is 22.3 Å². The summed E-state index contributed by atoms with van der Waals surface area (Å²) >= 11 is 0. The van der Waals surface area contributed by atoms with Gasteiger partial charge in [-0.25, -0.2) is 4.39 Å². The Morgan fingerprint density at radius 1 is 1.29 bits per heavy atom. The third-order valence-electron chi connectivity index (χ3n) is 3.77. The molecule has 2 unspecified atom stereocenters. The fourth-order valence-corrected chi connectivity index (χ4v) is 2.70. The summed E-state index contributed by atoms with van der Waals surface area (Å²) in [5, 5.41) is 3.10. The average Bonchev–Trinajstić information content (AvgIpc) is 2.84. The standard InChI is InChI=1S/C15H19F4NO/c1-2-14-11(3-4-21-14)9-20-8-10-5-12(15(17,18)19)7-13(16)6-10/h5-7,11,14,20H,2-4,8-9H2,1H3. The van der Waals surface area contributed by atoms with Gasteiger partial charge in [0.05, 0.1) is 11.7 Å². The molecule has 118 valence electrons. The normalized spacial score (nSPS) is 22.7. The van der Waals surface area contributed by atoms with Gasteiger partial charge in [0.2, 0.25) is 0 Å². The van der Waals surface area contributed by atoms with Crippen molar-refractivity contribution in [2.75, 3.05) is 13.2 Å². The van der Waals surface area contributed by atoms with Gasteiger partial charge in [-0.1, -0.05) is 6.92 Å². The second-order valence-electron chi connectivity index (χ2n) is 5.34. The minimum absolute atomic E-state index is 0.204. The van der Waals surface area contributed by atoms with E-state index in [-0.39, 0.29) is 12.6 Å². The summed E-state index contributed by atoms with van der Waals surface area (Å²) in [7, 11) is 0. The molecule has 0 amide bonds. The lowest BCUT2D eigenvalue weighted by Crippen LogP contribution is -2.28. The first kappa shape index (κ1) is 16.2. The Balaban J connectivity index is 1.93. The predicted octanol–water partition coefficient (Wildman–Crippen LogP) is 3.75. The van der Waals surface area contributed by atoms with E-state index in [0.29, 0.717) is 24.1 Å². The van der Waals surface area contributed by atoms with Gasteiger partial charge in [-0.05, 0) is 42.5 Å². The molecular formula is C15H19F4NO. The number of alkyl halides is 3. The largest absolute Gasteiger partial charge is 0.416 e. The van der Waals surface area contributed by atoms with Crippen molar-refractivity contribution in [3.8, 4) is 0 Å². The summed E-state index contributed by atoms with van der Waals surface area (Å²) in [5.74, 6) is -0.497. The molecule has 0 bridgehead atoms. The molecule has 2 atom stereocenters. The van der Waals surface area contributed by atoms with Crippen LogP contribution >= 0.6 is 0 Å². The zero-order chi connectivity index (χ0) is 15.5. The number of halogens is 4. The second kappa shape index (κ2) is 6.75. The van der Waals surface area contributed by atoms with E-state index in [0.717, 1.165) is 31.6 Å². The summed E-state index contributed by atoms with van der Waals surface area (Å²) < 4.78 is 56.6. The van der Waals surface area contributed by atoms with Crippen LogP contribution in [0.5, 0.6) is 0 Å². The highest BCUT2D eigenvalue weighted by atomic mass is 19.4. The van der Waals surface area contributed by atoms with Crippen LogP contribution in [0.15, 0.2) is 18.2 Å². The van der Waals surface area contributed by atoms with Crippen LogP contribution < -0.4 is 5.32 Å². The van der Waals surface area contributed by atoms with Crippen molar-refractivity contribution >= 4 is 0 Å². The van der Waals surface area contributed by atoms with E-state index in [1.807, 2.05) is 6.92 Å². The van der Waals surface area contributed by atoms with Gasteiger partial charge in [0.15, 0.2) is 0 Å². The van der Waals surface area contributed by atoms with Gasteiger partial charge in [-0.3, -0.25) is 0 Å². The van der Waals surface area contributed by atoms with Crippen molar-refractivity contribution in [2.45, 2.75) is 38.6 Å². The van der Waals surface area contributed by atoms with E-state index in [1.165, 1.54) is 0 Å². The van der Waals surface area contributed by atoms with Crippen LogP contribution in [0.4, 0.5) is 17.6 Å². The molecular weight excluding hydrogens is 286 g/mol. The Hall–Kier alpha value is -1.14. The highest BCUT2D eigenvalue weighted by Crippen LogP contribution is 2.30. The zero-order valence-corrected chi connectivity index (χ0v) is 11.8. The molecule has 1 aliphatic rings. The summed E-state index contributed by atoms with van der Waals surface area (Å²) in [4.78, 5) is 0. The van der Waals surface area contributed by atoms with Crippen molar-refractivity contribution in [1.29, 1.82) is 0 Å². The fourth-order valence-electron chi connectivity index (χ4n) is 2.70. The van der Waals surface area contributed by atoms with E-state index < -0.39 is 17.6 Å². The van der Waals surface area contributed by atoms with Crippen LogP contribution in [-0.4, -0.2) is 19.3 Å². The van der Waals surface area contributed by atoms with Gasteiger partial charge in [0.1, 0.15) is 5.82 Å². The summed E-state index contributed by atoms with van der Waals surface area (Å²) in [6, 6.07) is 2.63. The molecule has 1 saturated heterocycles. The number of hydrogen-bond acceptors (Lipinski definition) is 2. The highest BCUT2D eigenvalue weighted by molar-refractivity contribution is 5.26. The van der Waals surface area contributed by atoms with Crippen LogP contribution in [0.3, 0.4) is 0 Å². The maximum Gasteiger partial charge on any atom is 0.416 e. The Labute approximate surface area is 121 Å². The average molecular weight is 305 g/mol. The smallest absolute Gasteiger partial charge is 0.378 e. The topological polar surface area (TPSA) is 21.3 Å². The molecule has 6 heteroatoms. The summed E-state index contributed by atoms with van der Waals surface area (Å²) in [6.45, 7) is 3.65. The first-order valence-electron chi connectivity index (χ1n) is 7.09. The molecule has 0 aliphatic carbocycles. The quantitative estimate of drug-likeness (QED) is 0.837. The lowest BCUT2D eigenvalue weighted by molar-refractivity contribution is -0.137. The molecule has 1 heterocycles. The number of rotatable bonds is 5. The van der Waals surface area contributed by atoms with Crippen LogP contribution in [0, 0.1) is 11.7 Å². The third-order valence-corrected chi connectivity index (χ3v) is 3.77. The highest BCUT2D eigenvalue weighted by Gasteiger charge is 2.31. The zero-order valence-electron chi connectivity index (χ0n) is 11.8. The van der Waals surface area contributed by atoms with Crippen molar-refractivity contribution in [3.63, 3.8) is 0 Å². The molecule has 0 radical (unpaired) electrons. The molecule has 1 aromatic carbocycles. The van der Waals surface area contributed by atoms with Gasteiger partial charge in [0.25, 0.3) is 0 Å². The Bertz CT molecular complexity index is 475. The summed E-state index contributed by atoms with van der Waals surface area (Å²) in [5.41, 5.74) is -0.649. The summed E-state index contributed by atoms with van der Waals surface area (Å²) in [6.07, 6.45) is -2.45. The molecule has 1 N–H and O–H groups in total. The Morgan fingerprint density at radius 3 is 2.71 bits per heavy atom. The second-order valence-corrected chi connectivity index (χ2v) is 5.34. The van der Waals surface area contributed by atoms with Gasteiger partial charge in [0, 0.05) is 19.7 Å². The van der Waals surface area contributed by atoms with E-state index >= 15 is 0 Å². The third kappa shape index (κ3) is 4.41. The lowest BCUT2D eigenvalue weighted by Gasteiger charge is -2.17. The molecule has 1 aromatic rings. The van der Waals surface area contributed by atoms with Crippen LogP contribution in [-0.2, 0) is 17.5 Å². The molecule has 2 rings (SSSR count). The molecule has 2 nitrogen and oxygen atoms in total. The Morgan fingerprint density at radius 2 is 2.05 bits per heavy atom. The van der Waals surface area contributed by atoms with Crippen LogP contribution in [0.25, 0.3) is 0 Å². The Kier molecular flexibility index (Phi) is 5.22. The number of nitrogens with one attached hydrogen (secondary N) is 1. The van der Waals surface area contributed by atoms with Gasteiger partial charge < -0.3 is 10.1 Å². The van der Waals surface area contributed by atoms with Crippen molar-refractivity contribution in [1.82, 2.24) is 5.32 Å². The maximum atomic E-state index is 13.3. The minimum atomic E-state index is -4.52. The molecule has 21 heavy (non-hydrogen) atoms. The molecule has 0 spiro atoms. The van der Waals surface area contributed by atoms with Crippen LogP contribution in [0.1, 0.15) is 30.9 Å². The van der Waals surface area contributed by atoms with Crippen molar-refractivity contribution in [3.05, 3.63) is 35.1 Å². The number of ether oxygens (including phenoxy) is 1. The minimum Gasteiger partial charge on any atom is -0.378 e. The monoisotopic (exact) mass is 305 g/mol. The maximum absolute atomic E-state index is 13.3. The molecule has 1 fully saturated rings. The first-order chi connectivity index (χ1) is 9.90. The van der Waals surface area contributed by atoms with E-state index in [4.69, 9.17) is 4.74 Å². The fraction of sp³-hybridized carbons (Fsp3) is 0.600. The molecule has 0 saturated carbocycles. The van der Waals surface area contributed by atoms with Gasteiger partial charge in [-0.2, -0.15) is 13.2 Å². The molecule has 1 aliphatic heterocycles. The van der Waals surface area contributed by atoms with E-state index in [1.54, 1.807) is 0 Å². The lowest BCUT2D eigenvalue weighted by atomic mass is 9.99. The molecule has 0 aromatic heterocycles.